The second-order valence-corrected chi connectivity index (χ2v) is 4.39. The predicted octanol–water partition coefficient (Wildman–Crippen LogP) is -0.486. The largest absolute Gasteiger partial charge is 0.463 e. The van der Waals surface area contributed by atoms with E-state index in [0.29, 0.717) is 6.61 Å². The van der Waals surface area contributed by atoms with Crippen molar-refractivity contribution in [1.82, 2.24) is 5.32 Å². The zero-order chi connectivity index (χ0) is 13.3. The van der Waals surface area contributed by atoms with Crippen LogP contribution in [0.15, 0.2) is 11.6 Å². The Morgan fingerprint density at radius 3 is 2.89 bits per heavy atom. The summed E-state index contributed by atoms with van der Waals surface area (Å²) in [6, 6.07) is -0.736. The van der Waals surface area contributed by atoms with Gasteiger partial charge in [-0.3, -0.25) is 4.79 Å². The molecule has 0 aromatic rings. The molecule has 1 aliphatic heterocycles. The first-order valence-corrected chi connectivity index (χ1v) is 6.05. The minimum Gasteiger partial charge on any atom is -0.463 e. The van der Waals surface area contributed by atoms with E-state index in [1.165, 1.54) is 0 Å². The molecule has 1 amide bonds. The van der Waals surface area contributed by atoms with Gasteiger partial charge in [0.2, 0.25) is 5.91 Å². The third-order valence-electron chi connectivity index (χ3n) is 3.24. The summed E-state index contributed by atoms with van der Waals surface area (Å²) in [5, 5.41) is 13.1. The van der Waals surface area contributed by atoms with Crippen molar-refractivity contribution in [3.63, 3.8) is 0 Å². The van der Waals surface area contributed by atoms with Gasteiger partial charge in [-0.15, -0.1) is 0 Å². The molecule has 6 nitrogen and oxygen atoms in total. The lowest BCUT2D eigenvalue weighted by atomic mass is 9.92. The summed E-state index contributed by atoms with van der Waals surface area (Å²) in [4.78, 5) is 23.2. The highest BCUT2D eigenvalue weighted by molar-refractivity contribution is 5.95. The maximum absolute atomic E-state index is 11.8. The number of hydrogen-bond donors (Lipinski definition) is 2. The summed E-state index contributed by atoms with van der Waals surface area (Å²) in [5.41, 5.74) is -1.11. The Kier molecular flexibility index (Phi) is 3.41. The maximum Gasteiger partial charge on any atom is 0.335 e. The summed E-state index contributed by atoms with van der Waals surface area (Å²) >= 11 is 0. The Labute approximate surface area is 105 Å². The molecule has 0 bridgehead atoms. The Bertz CT molecular complexity index is 405. The standard InChI is InChI=1S/C12H17NO5/c1-3-17-8-5-7(11(15)18-4-2)10-12(8,16)6-9(14)13-10/h5,8,10,16H,3-4,6H2,1-2H3,(H,13,14)/t8?,10-,12-/m0/s1. The van der Waals surface area contributed by atoms with Crippen molar-refractivity contribution in [3.05, 3.63) is 11.6 Å². The van der Waals surface area contributed by atoms with Crippen LogP contribution in [0.4, 0.5) is 0 Å². The SMILES string of the molecule is CCOC(=O)C1=CC(OCC)[C@@]2(O)CC(=O)N[C@@H]12. The van der Waals surface area contributed by atoms with Crippen molar-refractivity contribution in [2.45, 2.75) is 38.0 Å². The first-order valence-electron chi connectivity index (χ1n) is 6.05. The Hall–Kier alpha value is -1.40. The molecule has 1 fully saturated rings. The zero-order valence-electron chi connectivity index (χ0n) is 10.4. The number of amides is 1. The van der Waals surface area contributed by atoms with Crippen molar-refractivity contribution in [2.24, 2.45) is 0 Å². The number of esters is 1. The molecule has 1 saturated heterocycles. The number of fused-ring (bicyclic) bond motifs is 1. The van der Waals surface area contributed by atoms with Crippen molar-refractivity contribution < 1.29 is 24.2 Å². The highest BCUT2D eigenvalue weighted by Gasteiger charge is 2.58. The fourth-order valence-electron chi connectivity index (χ4n) is 2.48. The number of ether oxygens (including phenoxy) is 2. The van der Waals surface area contributed by atoms with Gasteiger partial charge in [-0.1, -0.05) is 0 Å². The molecule has 2 rings (SSSR count). The smallest absolute Gasteiger partial charge is 0.335 e. The average molecular weight is 255 g/mol. The Balaban J connectivity index is 2.27. The van der Waals surface area contributed by atoms with E-state index in [2.05, 4.69) is 5.32 Å². The molecule has 1 unspecified atom stereocenters. The summed E-state index contributed by atoms with van der Waals surface area (Å²) in [7, 11) is 0. The van der Waals surface area contributed by atoms with E-state index in [0.717, 1.165) is 0 Å². The fraction of sp³-hybridized carbons (Fsp3) is 0.667. The molecule has 2 N–H and O–H groups in total. The molecule has 2 aliphatic rings. The van der Waals surface area contributed by atoms with Gasteiger partial charge in [0.25, 0.3) is 0 Å². The molecule has 0 aromatic heterocycles. The second-order valence-electron chi connectivity index (χ2n) is 4.39. The topological polar surface area (TPSA) is 84.9 Å². The van der Waals surface area contributed by atoms with Crippen molar-refractivity contribution in [1.29, 1.82) is 0 Å². The minimum atomic E-state index is -1.38. The van der Waals surface area contributed by atoms with Crippen LogP contribution >= 0.6 is 0 Å². The van der Waals surface area contributed by atoms with Crippen molar-refractivity contribution in [3.8, 4) is 0 Å². The molecule has 1 heterocycles. The quantitative estimate of drug-likeness (QED) is 0.662. The van der Waals surface area contributed by atoms with Crippen LogP contribution in [0, 0.1) is 0 Å². The van der Waals surface area contributed by atoms with E-state index in [-0.39, 0.29) is 24.5 Å². The lowest BCUT2D eigenvalue weighted by molar-refractivity contribution is -0.139. The summed E-state index contributed by atoms with van der Waals surface area (Å²) < 4.78 is 10.3. The number of hydrogen-bond acceptors (Lipinski definition) is 5. The number of rotatable bonds is 4. The van der Waals surface area contributed by atoms with Gasteiger partial charge >= 0.3 is 5.97 Å². The van der Waals surface area contributed by atoms with Gasteiger partial charge in [-0.2, -0.15) is 0 Å². The van der Waals surface area contributed by atoms with Gasteiger partial charge in [0.05, 0.1) is 24.6 Å². The van der Waals surface area contributed by atoms with Crippen LogP contribution in [0.3, 0.4) is 0 Å². The number of aliphatic hydroxyl groups is 1. The third-order valence-corrected chi connectivity index (χ3v) is 3.24. The zero-order valence-corrected chi connectivity index (χ0v) is 10.4. The lowest BCUT2D eigenvalue weighted by Gasteiger charge is -2.28. The number of nitrogens with one attached hydrogen (secondary N) is 1. The van der Waals surface area contributed by atoms with Gasteiger partial charge in [-0.25, -0.2) is 4.79 Å². The van der Waals surface area contributed by atoms with Crippen molar-refractivity contribution >= 4 is 11.9 Å². The molecule has 0 radical (unpaired) electrons. The maximum atomic E-state index is 11.8. The molecule has 3 atom stereocenters. The molecule has 0 spiro atoms. The predicted molar refractivity (Wildman–Crippen MR) is 61.6 cm³/mol. The van der Waals surface area contributed by atoms with Crippen LogP contribution < -0.4 is 5.32 Å². The highest BCUT2D eigenvalue weighted by atomic mass is 16.5. The summed E-state index contributed by atoms with van der Waals surface area (Å²) in [6.07, 6.45) is 0.818. The van der Waals surface area contributed by atoms with Gasteiger partial charge in [0, 0.05) is 6.61 Å². The van der Waals surface area contributed by atoms with E-state index in [9.17, 15) is 14.7 Å². The molecule has 0 saturated carbocycles. The van der Waals surface area contributed by atoms with E-state index in [4.69, 9.17) is 9.47 Å². The van der Waals surface area contributed by atoms with E-state index in [1.54, 1.807) is 19.9 Å². The molecule has 18 heavy (non-hydrogen) atoms. The molecule has 6 heteroatoms. The van der Waals surface area contributed by atoms with Gasteiger partial charge in [-0.05, 0) is 19.9 Å². The second kappa shape index (κ2) is 4.70. The highest BCUT2D eigenvalue weighted by Crippen LogP contribution is 2.39. The molecule has 0 aromatic carbocycles. The van der Waals surface area contributed by atoms with E-state index < -0.39 is 23.7 Å². The van der Waals surface area contributed by atoms with Crippen LogP contribution in [-0.2, 0) is 19.1 Å². The van der Waals surface area contributed by atoms with Gasteiger partial charge in [0.1, 0.15) is 11.7 Å². The molecule has 100 valence electrons. The van der Waals surface area contributed by atoms with Crippen LogP contribution in [0.25, 0.3) is 0 Å². The number of carbonyl (C=O) groups is 2. The monoisotopic (exact) mass is 255 g/mol. The van der Waals surface area contributed by atoms with E-state index >= 15 is 0 Å². The molecular formula is C12H17NO5. The van der Waals surface area contributed by atoms with Crippen LogP contribution in [0.5, 0.6) is 0 Å². The number of carbonyl (C=O) groups excluding carboxylic acids is 2. The van der Waals surface area contributed by atoms with Crippen molar-refractivity contribution in [2.75, 3.05) is 13.2 Å². The van der Waals surface area contributed by atoms with Crippen LogP contribution in [-0.4, -0.2) is 47.9 Å². The first kappa shape index (κ1) is 13.0. The van der Waals surface area contributed by atoms with Crippen LogP contribution in [0.2, 0.25) is 0 Å². The molecule has 1 aliphatic carbocycles. The Morgan fingerprint density at radius 2 is 2.28 bits per heavy atom. The summed E-state index contributed by atoms with van der Waals surface area (Å²) in [6.45, 7) is 4.13. The average Bonchev–Trinajstić information content (AvgIpc) is 2.72. The summed E-state index contributed by atoms with van der Waals surface area (Å²) in [5.74, 6) is -0.813. The normalized spacial score (nSPS) is 33.9. The minimum absolute atomic E-state index is 0.0677. The van der Waals surface area contributed by atoms with E-state index in [1.807, 2.05) is 0 Å². The van der Waals surface area contributed by atoms with Gasteiger partial charge in [0.15, 0.2) is 0 Å². The third kappa shape index (κ3) is 1.91. The fourth-order valence-corrected chi connectivity index (χ4v) is 2.48. The van der Waals surface area contributed by atoms with Gasteiger partial charge < -0.3 is 19.9 Å². The lowest BCUT2D eigenvalue weighted by Crippen LogP contribution is -2.49. The first-order chi connectivity index (χ1) is 8.52. The molecular weight excluding hydrogens is 238 g/mol. The Morgan fingerprint density at radius 1 is 1.56 bits per heavy atom. The van der Waals surface area contributed by atoms with Crippen LogP contribution in [0.1, 0.15) is 20.3 Å².